The lowest BCUT2D eigenvalue weighted by Gasteiger charge is -2.16. The average Bonchev–Trinajstić information content (AvgIpc) is 2.36. The molecule has 1 atom stereocenters. The second-order valence-electron chi connectivity index (χ2n) is 6.02. The van der Waals surface area contributed by atoms with Gasteiger partial charge in [0, 0.05) is 5.69 Å². The standard InChI is InChI=1S/C17H25NO2/c1-10(2)14-7-15(11(3)4)9-16(8-14)18-17(20)12(5)13(6)19/h7-12H,1-6H3,(H,18,20). The van der Waals surface area contributed by atoms with Crippen molar-refractivity contribution in [1.82, 2.24) is 0 Å². The molecule has 0 saturated carbocycles. The molecule has 1 aromatic carbocycles. The Bertz CT molecular complexity index is 477. The first-order valence-corrected chi connectivity index (χ1v) is 7.18. The van der Waals surface area contributed by atoms with Crippen molar-refractivity contribution in [3.8, 4) is 0 Å². The van der Waals surface area contributed by atoms with Gasteiger partial charge in [-0.2, -0.15) is 0 Å². The summed E-state index contributed by atoms with van der Waals surface area (Å²) in [6, 6.07) is 6.15. The molecule has 0 aromatic heterocycles. The van der Waals surface area contributed by atoms with Crippen LogP contribution in [0.4, 0.5) is 5.69 Å². The highest BCUT2D eigenvalue weighted by atomic mass is 16.2. The normalized spacial score (nSPS) is 12.6. The van der Waals surface area contributed by atoms with E-state index in [9.17, 15) is 9.59 Å². The van der Waals surface area contributed by atoms with Crippen LogP contribution < -0.4 is 5.32 Å². The fraction of sp³-hybridized carbons (Fsp3) is 0.529. The summed E-state index contributed by atoms with van der Waals surface area (Å²) in [6.07, 6.45) is 0. The number of amides is 1. The molecule has 0 spiro atoms. The molecule has 0 aliphatic heterocycles. The number of benzene rings is 1. The maximum absolute atomic E-state index is 12.0. The third-order valence-electron chi connectivity index (χ3n) is 3.58. The van der Waals surface area contributed by atoms with Gasteiger partial charge in [-0.1, -0.05) is 33.8 Å². The number of carbonyl (C=O) groups excluding carboxylic acids is 2. The molecule has 1 amide bonds. The summed E-state index contributed by atoms with van der Waals surface area (Å²) < 4.78 is 0. The number of anilines is 1. The largest absolute Gasteiger partial charge is 0.325 e. The summed E-state index contributed by atoms with van der Waals surface area (Å²) in [4.78, 5) is 23.2. The summed E-state index contributed by atoms with van der Waals surface area (Å²) in [5.41, 5.74) is 3.17. The number of hydrogen-bond donors (Lipinski definition) is 1. The zero-order valence-corrected chi connectivity index (χ0v) is 13.3. The molecule has 0 saturated heterocycles. The molecule has 3 nitrogen and oxygen atoms in total. The van der Waals surface area contributed by atoms with Crippen LogP contribution in [-0.4, -0.2) is 11.7 Å². The topological polar surface area (TPSA) is 46.2 Å². The van der Waals surface area contributed by atoms with Crippen LogP contribution in [0.2, 0.25) is 0 Å². The maximum Gasteiger partial charge on any atom is 0.234 e. The molecule has 1 unspecified atom stereocenters. The smallest absolute Gasteiger partial charge is 0.234 e. The Labute approximate surface area is 121 Å². The molecule has 0 aliphatic carbocycles. The number of nitrogens with one attached hydrogen (secondary N) is 1. The van der Waals surface area contributed by atoms with Gasteiger partial charge in [-0.15, -0.1) is 0 Å². The SMILES string of the molecule is CC(=O)C(C)C(=O)Nc1cc(C(C)C)cc(C(C)C)c1. The molecular formula is C17H25NO2. The molecule has 110 valence electrons. The number of hydrogen-bond acceptors (Lipinski definition) is 2. The monoisotopic (exact) mass is 275 g/mol. The second kappa shape index (κ2) is 6.69. The van der Waals surface area contributed by atoms with E-state index in [-0.39, 0.29) is 11.7 Å². The summed E-state index contributed by atoms with van der Waals surface area (Å²) in [5.74, 6) is -0.177. The van der Waals surface area contributed by atoms with Gasteiger partial charge in [-0.25, -0.2) is 0 Å². The highest BCUT2D eigenvalue weighted by molar-refractivity contribution is 6.06. The first-order chi connectivity index (χ1) is 9.22. The van der Waals surface area contributed by atoms with E-state index in [1.807, 2.05) is 12.1 Å². The third kappa shape index (κ3) is 4.19. The van der Waals surface area contributed by atoms with Crippen molar-refractivity contribution in [3.05, 3.63) is 29.3 Å². The summed E-state index contributed by atoms with van der Waals surface area (Å²) >= 11 is 0. The highest BCUT2D eigenvalue weighted by Gasteiger charge is 2.18. The number of Topliss-reactive ketones (excluding diaryl/α,β-unsaturated/α-hetero) is 1. The maximum atomic E-state index is 12.0. The van der Waals surface area contributed by atoms with Crippen LogP contribution in [0.3, 0.4) is 0 Å². The Morgan fingerprint density at radius 1 is 0.900 bits per heavy atom. The molecular weight excluding hydrogens is 250 g/mol. The van der Waals surface area contributed by atoms with Crippen molar-refractivity contribution in [1.29, 1.82) is 0 Å². The summed E-state index contributed by atoms with van der Waals surface area (Å²) in [6.45, 7) is 11.6. The van der Waals surface area contributed by atoms with Crippen molar-refractivity contribution in [3.63, 3.8) is 0 Å². The van der Waals surface area contributed by atoms with Gasteiger partial charge in [0.1, 0.15) is 5.78 Å². The molecule has 1 N–H and O–H groups in total. The van der Waals surface area contributed by atoms with E-state index in [1.54, 1.807) is 6.92 Å². The van der Waals surface area contributed by atoms with Crippen molar-refractivity contribution >= 4 is 17.4 Å². The summed E-state index contributed by atoms with van der Waals surface area (Å²) in [5, 5.41) is 2.85. The minimum Gasteiger partial charge on any atom is -0.325 e. The van der Waals surface area contributed by atoms with E-state index in [2.05, 4.69) is 39.1 Å². The first-order valence-electron chi connectivity index (χ1n) is 7.18. The van der Waals surface area contributed by atoms with E-state index in [0.717, 1.165) is 5.69 Å². The molecule has 0 fully saturated rings. The number of carbonyl (C=O) groups is 2. The average molecular weight is 275 g/mol. The van der Waals surface area contributed by atoms with Crippen LogP contribution in [0.15, 0.2) is 18.2 Å². The van der Waals surface area contributed by atoms with Gasteiger partial charge >= 0.3 is 0 Å². The van der Waals surface area contributed by atoms with E-state index >= 15 is 0 Å². The van der Waals surface area contributed by atoms with Gasteiger partial charge in [0.15, 0.2) is 0 Å². The summed E-state index contributed by atoms with van der Waals surface area (Å²) in [7, 11) is 0. The second-order valence-corrected chi connectivity index (χ2v) is 6.02. The minimum atomic E-state index is -0.611. The Balaban J connectivity index is 3.05. The molecule has 20 heavy (non-hydrogen) atoms. The van der Waals surface area contributed by atoms with Crippen molar-refractivity contribution in [2.45, 2.75) is 53.4 Å². The molecule has 0 aliphatic rings. The Morgan fingerprint density at radius 3 is 1.70 bits per heavy atom. The first kappa shape index (κ1) is 16.4. The minimum absolute atomic E-state index is 0.119. The van der Waals surface area contributed by atoms with Crippen LogP contribution in [0, 0.1) is 5.92 Å². The molecule has 1 aromatic rings. The number of ketones is 1. The van der Waals surface area contributed by atoms with Gasteiger partial charge < -0.3 is 5.32 Å². The van der Waals surface area contributed by atoms with E-state index in [1.165, 1.54) is 18.1 Å². The van der Waals surface area contributed by atoms with Crippen LogP contribution in [0.25, 0.3) is 0 Å². The Kier molecular flexibility index (Phi) is 5.49. The molecule has 1 rings (SSSR count). The van der Waals surface area contributed by atoms with E-state index < -0.39 is 5.92 Å². The fourth-order valence-corrected chi connectivity index (χ4v) is 1.85. The molecule has 0 heterocycles. The zero-order valence-electron chi connectivity index (χ0n) is 13.3. The Morgan fingerprint density at radius 2 is 1.35 bits per heavy atom. The zero-order chi connectivity index (χ0) is 15.4. The van der Waals surface area contributed by atoms with Gasteiger partial charge in [-0.05, 0) is 48.9 Å². The van der Waals surface area contributed by atoms with Gasteiger partial charge in [0.05, 0.1) is 5.92 Å². The quantitative estimate of drug-likeness (QED) is 0.822. The van der Waals surface area contributed by atoms with Gasteiger partial charge in [0.25, 0.3) is 0 Å². The lowest BCUT2D eigenvalue weighted by molar-refractivity contribution is -0.129. The Hall–Kier alpha value is -1.64. The fourth-order valence-electron chi connectivity index (χ4n) is 1.85. The van der Waals surface area contributed by atoms with Crippen molar-refractivity contribution in [2.75, 3.05) is 5.32 Å². The van der Waals surface area contributed by atoms with Crippen molar-refractivity contribution in [2.24, 2.45) is 5.92 Å². The lowest BCUT2D eigenvalue weighted by atomic mass is 9.94. The lowest BCUT2D eigenvalue weighted by Crippen LogP contribution is -2.25. The van der Waals surface area contributed by atoms with Crippen LogP contribution in [-0.2, 0) is 9.59 Å². The van der Waals surface area contributed by atoms with Gasteiger partial charge in [0.2, 0.25) is 5.91 Å². The van der Waals surface area contributed by atoms with Gasteiger partial charge in [-0.3, -0.25) is 9.59 Å². The van der Waals surface area contributed by atoms with E-state index in [0.29, 0.717) is 11.8 Å². The third-order valence-corrected chi connectivity index (χ3v) is 3.58. The molecule has 0 radical (unpaired) electrons. The van der Waals surface area contributed by atoms with Crippen LogP contribution in [0.1, 0.15) is 64.5 Å². The molecule has 3 heteroatoms. The predicted octanol–water partition coefficient (Wildman–Crippen LogP) is 4.10. The van der Waals surface area contributed by atoms with Crippen molar-refractivity contribution < 1.29 is 9.59 Å². The van der Waals surface area contributed by atoms with Crippen LogP contribution in [0.5, 0.6) is 0 Å². The molecule has 0 bridgehead atoms. The highest BCUT2D eigenvalue weighted by Crippen LogP contribution is 2.26. The predicted molar refractivity (Wildman–Crippen MR) is 83.1 cm³/mol. The van der Waals surface area contributed by atoms with E-state index in [4.69, 9.17) is 0 Å². The van der Waals surface area contributed by atoms with Crippen LogP contribution >= 0.6 is 0 Å². The number of rotatable bonds is 5.